The average Bonchev–Trinajstić information content (AvgIpc) is 2.00. The fourth-order valence-electron chi connectivity index (χ4n) is 0.481. The lowest BCUT2D eigenvalue weighted by atomic mass is 10.4. The molecular weight excluding hydrogens is 148 g/mol. The highest BCUT2D eigenvalue weighted by Gasteiger charge is 2.06. The van der Waals surface area contributed by atoms with E-state index in [0.717, 1.165) is 0 Å². The van der Waals surface area contributed by atoms with Gasteiger partial charge in [-0.2, -0.15) is 0 Å². The molecule has 0 aliphatic carbocycles. The number of aliphatic hydroxyl groups is 1. The molecule has 11 heavy (non-hydrogen) atoms. The Morgan fingerprint density at radius 3 is 2.73 bits per heavy atom. The van der Waals surface area contributed by atoms with Crippen molar-refractivity contribution in [3.63, 3.8) is 0 Å². The van der Waals surface area contributed by atoms with Gasteiger partial charge in [-0.3, -0.25) is 0 Å². The van der Waals surface area contributed by atoms with E-state index in [0.29, 0.717) is 6.61 Å². The highest BCUT2D eigenvalue weighted by molar-refractivity contribution is 5.70. The van der Waals surface area contributed by atoms with Crippen molar-refractivity contribution >= 4 is 5.97 Å². The van der Waals surface area contributed by atoms with Gasteiger partial charge < -0.3 is 14.6 Å². The number of hydrogen-bond acceptors (Lipinski definition) is 4. The monoisotopic (exact) mass is 162 g/mol. The maximum absolute atomic E-state index is 10.7. The molecule has 0 radical (unpaired) electrons. The van der Waals surface area contributed by atoms with E-state index in [2.05, 4.69) is 4.74 Å². The maximum Gasteiger partial charge on any atom is 0.332 e. The molecule has 0 aromatic rings. The van der Waals surface area contributed by atoms with Crippen LogP contribution in [0.5, 0.6) is 0 Å². The summed E-state index contributed by atoms with van der Waals surface area (Å²) in [6.45, 7) is 3.70. The Kier molecular flexibility index (Phi) is 5.78. The minimum Gasteiger partial charge on any atom is -0.459 e. The van der Waals surface area contributed by atoms with Gasteiger partial charge in [-0.1, -0.05) is 0 Å². The van der Waals surface area contributed by atoms with Crippen molar-refractivity contribution in [2.45, 2.75) is 20.0 Å². The lowest BCUT2D eigenvalue weighted by Gasteiger charge is -2.09. The minimum atomic E-state index is -0.442. The molecule has 1 N–H and O–H groups in total. The molecule has 1 unspecified atom stereocenters. The first-order valence-electron chi connectivity index (χ1n) is 3.58. The van der Waals surface area contributed by atoms with Crippen LogP contribution < -0.4 is 0 Å². The molecule has 0 fully saturated rings. The first-order chi connectivity index (χ1) is 5.20. The maximum atomic E-state index is 10.7. The zero-order chi connectivity index (χ0) is 8.69. The van der Waals surface area contributed by atoms with Gasteiger partial charge in [0, 0.05) is 6.61 Å². The molecule has 0 aliphatic heterocycles. The van der Waals surface area contributed by atoms with Crippen molar-refractivity contribution in [3.8, 4) is 0 Å². The van der Waals surface area contributed by atoms with Gasteiger partial charge in [0.15, 0.2) is 0 Å². The average molecular weight is 162 g/mol. The molecule has 0 amide bonds. The summed E-state index contributed by atoms with van der Waals surface area (Å²) in [6, 6.07) is 0. The Morgan fingerprint density at radius 2 is 2.27 bits per heavy atom. The smallest absolute Gasteiger partial charge is 0.332 e. The zero-order valence-corrected chi connectivity index (χ0v) is 6.87. The Balaban J connectivity index is 3.36. The van der Waals surface area contributed by atoms with E-state index >= 15 is 0 Å². The molecule has 0 spiro atoms. The molecule has 0 bridgehead atoms. The second kappa shape index (κ2) is 6.12. The molecule has 0 aliphatic rings. The molecule has 0 aromatic heterocycles. The molecule has 4 nitrogen and oxygen atoms in total. The molecular formula is C7H14O4. The van der Waals surface area contributed by atoms with Crippen LogP contribution in [0, 0.1) is 0 Å². The summed E-state index contributed by atoms with van der Waals surface area (Å²) >= 11 is 0. The van der Waals surface area contributed by atoms with E-state index in [4.69, 9.17) is 9.84 Å². The number of carbonyl (C=O) groups excluding carboxylic acids is 1. The van der Waals surface area contributed by atoms with E-state index in [9.17, 15) is 4.79 Å². The summed E-state index contributed by atoms with van der Waals surface area (Å²) in [5.41, 5.74) is 0. The van der Waals surface area contributed by atoms with Gasteiger partial charge in [0.25, 0.3) is 0 Å². The Hall–Kier alpha value is -0.610. The third-order valence-corrected chi connectivity index (χ3v) is 1.01. The third-order valence-electron chi connectivity index (χ3n) is 1.01. The standard InChI is InChI=1S/C7H14O4/c1-3-10-5-7(9)11-6(2)4-8/h6,8H,3-5H2,1-2H3. The molecule has 0 saturated carbocycles. The van der Waals surface area contributed by atoms with Gasteiger partial charge in [-0.25, -0.2) is 4.79 Å². The molecule has 0 rings (SSSR count). The molecule has 0 aromatic carbocycles. The van der Waals surface area contributed by atoms with Crippen LogP contribution in [0.2, 0.25) is 0 Å². The minimum absolute atomic E-state index is 0.0408. The highest BCUT2D eigenvalue weighted by atomic mass is 16.6. The summed E-state index contributed by atoms with van der Waals surface area (Å²) < 4.78 is 9.47. The van der Waals surface area contributed by atoms with Crippen LogP contribution in [0.1, 0.15) is 13.8 Å². The van der Waals surface area contributed by atoms with Crippen molar-refractivity contribution in [1.29, 1.82) is 0 Å². The van der Waals surface area contributed by atoms with Gasteiger partial charge in [-0.15, -0.1) is 0 Å². The SMILES string of the molecule is CCOCC(=O)OC(C)CO. The van der Waals surface area contributed by atoms with Crippen molar-refractivity contribution in [3.05, 3.63) is 0 Å². The van der Waals surface area contributed by atoms with Crippen LogP contribution in [-0.4, -0.2) is 37.0 Å². The second-order valence-electron chi connectivity index (χ2n) is 2.12. The number of carbonyl (C=O) groups is 1. The van der Waals surface area contributed by atoms with E-state index in [1.165, 1.54) is 0 Å². The normalized spacial score (nSPS) is 12.6. The molecule has 0 heterocycles. The third kappa shape index (κ3) is 5.82. The van der Waals surface area contributed by atoms with Crippen LogP contribution in [0.4, 0.5) is 0 Å². The number of aliphatic hydroxyl groups excluding tert-OH is 1. The summed E-state index contributed by atoms with van der Waals surface area (Å²) in [5, 5.41) is 8.49. The Labute approximate surface area is 66.1 Å². The van der Waals surface area contributed by atoms with Gasteiger partial charge in [0.2, 0.25) is 0 Å². The van der Waals surface area contributed by atoms with Gasteiger partial charge in [0.05, 0.1) is 6.61 Å². The summed E-state index contributed by atoms with van der Waals surface area (Å²) in [4.78, 5) is 10.7. The lowest BCUT2D eigenvalue weighted by molar-refractivity contribution is -0.155. The van der Waals surface area contributed by atoms with Crippen LogP contribution >= 0.6 is 0 Å². The van der Waals surface area contributed by atoms with Gasteiger partial charge >= 0.3 is 5.97 Å². The number of esters is 1. The number of rotatable bonds is 5. The largest absolute Gasteiger partial charge is 0.459 e. The van der Waals surface area contributed by atoms with Crippen molar-refractivity contribution in [1.82, 2.24) is 0 Å². The van der Waals surface area contributed by atoms with Crippen LogP contribution in [-0.2, 0) is 14.3 Å². The Bertz CT molecular complexity index is 113. The molecule has 0 saturated heterocycles. The predicted molar refractivity (Wildman–Crippen MR) is 39.1 cm³/mol. The van der Waals surface area contributed by atoms with Crippen LogP contribution in [0.15, 0.2) is 0 Å². The summed E-state index contributed by atoms with van der Waals surface area (Å²) in [5.74, 6) is -0.437. The quantitative estimate of drug-likeness (QED) is 0.576. The van der Waals surface area contributed by atoms with E-state index in [1.54, 1.807) is 13.8 Å². The van der Waals surface area contributed by atoms with Gasteiger partial charge in [0.1, 0.15) is 12.7 Å². The second-order valence-corrected chi connectivity index (χ2v) is 2.12. The van der Waals surface area contributed by atoms with E-state index in [-0.39, 0.29) is 13.2 Å². The summed E-state index contributed by atoms with van der Waals surface area (Å²) in [7, 11) is 0. The predicted octanol–water partition coefficient (Wildman–Crippen LogP) is -0.0531. The summed E-state index contributed by atoms with van der Waals surface area (Å²) in [6.07, 6.45) is -0.442. The van der Waals surface area contributed by atoms with Crippen LogP contribution in [0.25, 0.3) is 0 Å². The van der Waals surface area contributed by atoms with Crippen LogP contribution in [0.3, 0.4) is 0 Å². The number of hydrogen-bond donors (Lipinski definition) is 1. The number of ether oxygens (including phenoxy) is 2. The van der Waals surface area contributed by atoms with E-state index < -0.39 is 12.1 Å². The first kappa shape index (κ1) is 10.4. The van der Waals surface area contributed by atoms with Crippen molar-refractivity contribution in [2.24, 2.45) is 0 Å². The topological polar surface area (TPSA) is 55.8 Å². The molecule has 66 valence electrons. The Morgan fingerprint density at radius 1 is 1.64 bits per heavy atom. The van der Waals surface area contributed by atoms with Crippen molar-refractivity contribution in [2.75, 3.05) is 19.8 Å². The zero-order valence-electron chi connectivity index (χ0n) is 6.87. The molecule has 1 atom stereocenters. The molecule has 4 heteroatoms. The fourth-order valence-corrected chi connectivity index (χ4v) is 0.481. The van der Waals surface area contributed by atoms with E-state index in [1.807, 2.05) is 0 Å². The van der Waals surface area contributed by atoms with Crippen molar-refractivity contribution < 1.29 is 19.4 Å². The lowest BCUT2D eigenvalue weighted by Crippen LogP contribution is -2.21. The highest BCUT2D eigenvalue weighted by Crippen LogP contribution is 1.89. The first-order valence-corrected chi connectivity index (χ1v) is 3.58. The fraction of sp³-hybridized carbons (Fsp3) is 0.857. The van der Waals surface area contributed by atoms with Gasteiger partial charge in [-0.05, 0) is 13.8 Å².